The largest absolute Gasteiger partial charge is 0.355 e. The molecule has 2 aromatic carbocycles. The zero-order valence-corrected chi connectivity index (χ0v) is 12.3. The van der Waals surface area contributed by atoms with Gasteiger partial charge in [-0.25, -0.2) is 9.97 Å². The minimum Gasteiger partial charge on any atom is -0.355 e. The Balaban J connectivity index is 1.61. The van der Waals surface area contributed by atoms with Crippen molar-refractivity contribution in [3.63, 3.8) is 0 Å². The van der Waals surface area contributed by atoms with Gasteiger partial charge in [0.25, 0.3) is 0 Å². The fourth-order valence-electron chi connectivity index (χ4n) is 2.42. The first-order valence-corrected chi connectivity index (χ1v) is 7.38. The second-order valence-corrected chi connectivity index (χ2v) is 5.19. The van der Waals surface area contributed by atoms with Crippen molar-refractivity contribution in [2.75, 3.05) is 5.32 Å². The topological polar surface area (TPSA) is 50.7 Å². The van der Waals surface area contributed by atoms with E-state index in [-0.39, 0.29) is 0 Å². The molecule has 0 saturated heterocycles. The lowest BCUT2D eigenvalue weighted by Gasteiger charge is -2.07. The van der Waals surface area contributed by atoms with Gasteiger partial charge in [0.05, 0.1) is 5.52 Å². The number of benzene rings is 2. The van der Waals surface area contributed by atoms with Crippen LogP contribution in [0.15, 0.2) is 79.3 Å². The number of aromatic nitrogens is 3. The number of anilines is 2. The van der Waals surface area contributed by atoms with Crippen LogP contribution in [0, 0.1) is 0 Å². The molecule has 0 amide bonds. The van der Waals surface area contributed by atoms with Gasteiger partial charge in [0, 0.05) is 40.9 Å². The van der Waals surface area contributed by atoms with E-state index in [1.165, 1.54) is 0 Å². The predicted octanol–water partition coefficient (Wildman–Crippen LogP) is 4.44. The third-order valence-corrected chi connectivity index (χ3v) is 3.60. The Hall–Kier alpha value is -3.27. The Morgan fingerprint density at radius 1 is 0.739 bits per heavy atom. The highest BCUT2D eigenvalue weighted by molar-refractivity contribution is 5.79. The van der Waals surface area contributed by atoms with Gasteiger partial charge in [-0.15, -0.1) is 0 Å². The smallest absolute Gasteiger partial charge is 0.159 e. The number of rotatable bonds is 3. The first-order valence-electron chi connectivity index (χ1n) is 7.38. The fourth-order valence-corrected chi connectivity index (χ4v) is 2.42. The Labute approximate surface area is 133 Å². The van der Waals surface area contributed by atoms with Gasteiger partial charge in [-0.2, -0.15) is 0 Å². The summed E-state index contributed by atoms with van der Waals surface area (Å²) in [6.45, 7) is 0. The van der Waals surface area contributed by atoms with E-state index in [2.05, 4.69) is 20.3 Å². The van der Waals surface area contributed by atoms with Crippen LogP contribution in [0.2, 0.25) is 0 Å². The first kappa shape index (κ1) is 13.4. The van der Waals surface area contributed by atoms with Gasteiger partial charge in [0.1, 0.15) is 0 Å². The van der Waals surface area contributed by atoms with E-state index in [0.29, 0.717) is 0 Å². The van der Waals surface area contributed by atoms with E-state index in [9.17, 15) is 0 Å². The van der Waals surface area contributed by atoms with Crippen LogP contribution in [0.1, 0.15) is 0 Å². The number of fused-ring (bicyclic) bond motifs is 1. The Morgan fingerprint density at radius 2 is 1.48 bits per heavy atom. The van der Waals surface area contributed by atoms with E-state index in [1.807, 2.05) is 66.9 Å². The second-order valence-electron chi connectivity index (χ2n) is 5.19. The van der Waals surface area contributed by atoms with Crippen molar-refractivity contribution in [3.05, 3.63) is 79.3 Å². The van der Waals surface area contributed by atoms with Crippen molar-refractivity contribution in [3.8, 4) is 11.4 Å². The molecule has 0 aliphatic carbocycles. The standard InChI is InChI=1S/C19H14N4/c1-2-4-18-15(3-1)13-21-19(23-18)14-5-7-16(8-6-14)22-17-9-11-20-12-10-17/h1-13H,(H,20,22). The van der Waals surface area contributed by atoms with Gasteiger partial charge < -0.3 is 5.32 Å². The van der Waals surface area contributed by atoms with Gasteiger partial charge in [-0.05, 0) is 42.5 Å². The van der Waals surface area contributed by atoms with Gasteiger partial charge in [-0.1, -0.05) is 18.2 Å². The van der Waals surface area contributed by atoms with Gasteiger partial charge in [0.2, 0.25) is 0 Å². The number of hydrogen-bond acceptors (Lipinski definition) is 4. The molecule has 0 spiro atoms. The minimum atomic E-state index is 0.735. The molecular weight excluding hydrogens is 284 g/mol. The van der Waals surface area contributed by atoms with Crippen LogP contribution >= 0.6 is 0 Å². The molecule has 2 heterocycles. The summed E-state index contributed by atoms with van der Waals surface area (Å²) >= 11 is 0. The molecule has 0 bridgehead atoms. The third-order valence-electron chi connectivity index (χ3n) is 3.60. The Kier molecular flexibility index (Phi) is 3.41. The van der Waals surface area contributed by atoms with Crippen LogP contribution in [-0.2, 0) is 0 Å². The molecule has 0 saturated carbocycles. The van der Waals surface area contributed by atoms with Crippen molar-refractivity contribution in [1.29, 1.82) is 0 Å². The molecule has 0 atom stereocenters. The van der Waals surface area contributed by atoms with E-state index < -0.39 is 0 Å². The quantitative estimate of drug-likeness (QED) is 0.607. The molecule has 2 aromatic heterocycles. The zero-order chi connectivity index (χ0) is 15.5. The third kappa shape index (κ3) is 2.87. The Morgan fingerprint density at radius 3 is 2.30 bits per heavy atom. The predicted molar refractivity (Wildman–Crippen MR) is 92.5 cm³/mol. The summed E-state index contributed by atoms with van der Waals surface area (Å²) in [5.41, 5.74) is 3.97. The average Bonchev–Trinajstić information content (AvgIpc) is 2.63. The maximum absolute atomic E-state index is 4.62. The summed E-state index contributed by atoms with van der Waals surface area (Å²) in [6.07, 6.45) is 5.39. The fraction of sp³-hybridized carbons (Fsp3) is 0. The monoisotopic (exact) mass is 298 g/mol. The highest BCUT2D eigenvalue weighted by Crippen LogP contribution is 2.22. The molecular formula is C19H14N4. The summed E-state index contributed by atoms with van der Waals surface area (Å²) in [5.74, 6) is 0.735. The lowest BCUT2D eigenvalue weighted by Crippen LogP contribution is -1.92. The van der Waals surface area contributed by atoms with Crippen molar-refractivity contribution < 1.29 is 0 Å². The van der Waals surface area contributed by atoms with Crippen LogP contribution < -0.4 is 5.32 Å². The average molecular weight is 298 g/mol. The molecule has 1 N–H and O–H groups in total. The molecule has 0 fully saturated rings. The van der Waals surface area contributed by atoms with Crippen LogP contribution in [0.3, 0.4) is 0 Å². The molecule has 0 aliphatic heterocycles. The lowest BCUT2D eigenvalue weighted by molar-refractivity contribution is 1.23. The van der Waals surface area contributed by atoms with Crippen LogP contribution in [0.5, 0.6) is 0 Å². The lowest BCUT2D eigenvalue weighted by atomic mass is 10.1. The number of para-hydroxylation sites is 1. The molecule has 0 aliphatic rings. The van der Waals surface area contributed by atoms with E-state index >= 15 is 0 Å². The molecule has 4 heteroatoms. The summed E-state index contributed by atoms with van der Waals surface area (Å²) in [4.78, 5) is 13.1. The molecule has 110 valence electrons. The first-order chi connectivity index (χ1) is 11.4. The number of nitrogens with zero attached hydrogens (tertiary/aromatic N) is 3. The number of nitrogens with one attached hydrogen (secondary N) is 1. The Bertz CT molecular complexity index is 934. The van der Waals surface area contributed by atoms with Gasteiger partial charge >= 0.3 is 0 Å². The zero-order valence-electron chi connectivity index (χ0n) is 12.3. The minimum absolute atomic E-state index is 0.735. The molecule has 4 rings (SSSR count). The van der Waals surface area contributed by atoms with Crippen molar-refractivity contribution in [2.45, 2.75) is 0 Å². The van der Waals surface area contributed by atoms with E-state index in [4.69, 9.17) is 0 Å². The summed E-state index contributed by atoms with van der Waals surface area (Å²) < 4.78 is 0. The maximum atomic E-state index is 4.62. The highest BCUT2D eigenvalue weighted by Gasteiger charge is 2.03. The maximum Gasteiger partial charge on any atom is 0.159 e. The molecule has 4 aromatic rings. The number of hydrogen-bond donors (Lipinski definition) is 1. The van der Waals surface area contributed by atoms with Crippen LogP contribution in [0.25, 0.3) is 22.3 Å². The molecule has 23 heavy (non-hydrogen) atoms. The van der Waals surface area contributed by atoms with Crippen LogP contribution in [0.4, 0.5) is 11.4 Å². The van der Waals surface area contributed by atoms with Gasteiger partial charge in [0.15, 0.2) is 5.82 Å². The molecule has 0 radical (unpaired) electrons. The van der Waals surface area contributed by atoms with Crippen LogP contribution in [-0.4, -0.2) is 15.0 Å². The van der Waals surface area contributed by atoms with Gasteiger partial charge in [-0.3, -0.25) is 4.98 Å². The normalized spacial score (nSPS) is 10.6. The molecule has 4 nitrogen and oxygen atoms in total. The summed E-state index contributed by atoms with van der Waals surface area (Å²) in [7, 11) is 0. The highest BCUT2D eigenvalue weighted by atomic mass is 14.9. The second kappa shape index (κ2) is 5.85. The van der Waals surface area contributed by atoms with Crippen molar-refractivity contribution >= 4 is 22.3 Å². The van der Waals surface area contributed by atoms with Crippen molar-refractivity contribution in [2.24, 2.45) is 0 Å². The SMILES string of the molecule is c1ccc2nc(-c3ccc(Nc4ccncc4)cc3)ncc2c1. The number of pyridine rings is 1. The summed E-state index contributed by atoms with van der Waals surface area (Å²) in [5, 5.41) is 4.38. The van der Waals surface area contributed by atoms with Crippen molar-refractivity contribution in [1.82, 2.24) is 15.0 Å². The summed E-state index contributed by atoms with van der Waals surface area (Å²) in [6, 6.07) is 19.9. The molecule has 0 unspecified atom stereocenters. The van der Waals surface area contributed by atoms with E-state index in [1.54, 1.807) is 12.4 Å². The van der Waals surface area contributed by atoms with E-state index in [0.717, 1.165) is 33.7 Å².